The van der Waals surface area contributed by atoms with Crippen LogP contribution in [0, 0.1) is 6.92 Å². The zero-order valence-electron chi connectivity index (χ0n) is 17.8. The molecule has 1 heterocycles. The number of hydrogen-bond acceptors (Lipinski definition) is 3. The number of ether oxygens (including phenoxy) is 1. The Morgan fingerprint density at radius 1 is 0.935 bits per heavy atom. The summed E-state index contributed by atoms with van der Waals surface area (Å²) in [5.74, 6) is 1.47. The molecular formula is C26H26BrN3O. The molecule has 0 aliphatic heterocycles. The number of imidazole rings is 1. The largest absolute Gasteiger partial charge is 0.497 e. The molecule has 0 saturated carbocycles. The summed E-state index contributed by atoms with van der Waals surface area (Å²) in [6.45, 7) is 2.79. The molecular weight excluding hydrogens is 450 g/mol. The van der Waals surface area contributed by atoms with E-state index >= 15 is 0 Å². The number of rotatable bonds is 7. The maximum Gasteiger partial charge on any atom is 0.200 e. The van der Waals surface area contributed by atoms with Gasteiger partial charge in [-0.15, -0.1) is 0 Å². The van der Waals surface area contributed by atoms with Gasteiger partial charge in [0.05, 0.1) is 19.3 Å². The van der Waals surface area contributed by atoms with Gasteiger partial charge in [-0.3, -0.25) is 0 Å². The highest BCUT2D eigenvalue weighted by Crippen LogP contribution is 2.30. The highest BCUT2D eigenvalue weighted by Gasteiger charge is 2.20. The van der Waals surface area contributed by atoms with E-state index in [4.69, 9.17) is 15.5 Å². The number of nitrogens with zero attached hydrogens (tertiary/aromatic N) is 2. The Morgan fingerprint density at radius 2 is 1.58 bits per heavy atom. The Bertz CT molecular complexity index is 1130. The van der Waals surface area contributed by atoms with Crippen LogP contribution in [-0.4, -0.2) is 16.7 Å². The summed E-state index contributed by atoms with van der Waals surface area (Å²) in [6, 6.07) is 25.2. The molecule has 1 atom stereocenters. The monoisotopic (exact) mass is 475 g/mol. The Morgan fingerprint density at radius 3 is 2.23 bits per heavy atom. The van der Waals surface area contributed by atoms with E-state index in [0.29, 0.717) is 12.5 Å². The van der Waals surface area contributed by atoms with Crippen molar-refractivity contribution < 1.29 is 4.74 Å². The van der Waals surface area contributed by atoms with Gasteiger partial charge in [-0.05, 0) is 54.3 Å². The van der Waals surface area contributed by atoms with Crippen molar-refractivity contribution in [3.63, 3.8) is 0 Å². The number of aromatic nitrogens is 2. The zero-order valence-corrected chi connectivity index (χ0v) is 19.3. The van der Waals surface area contributed by atoms with Crippen molar-refractivity contribution in [3.05, 3.63) is 111 Å². The average molecular weight is 476 g/mol. The molecule has 0 aliphatic rings. The van der Waals surface area contributed by atoms with E-state index in [0.717, 1.165) is 22.3 Å². The van der Waals surface area contributed by atoms with E-state index in [9.17, 15) is 0 Å². The smallest absolute Gasteiger partial charge is 0.200 e. The van der Waals surface area contributed by atoms with Crippen molar-refractivity contribution in [2.24, 2.45) is 0 Å². The van der Waals surface area contributed by atoms with Gasteiger partial charge in [0, 0.05) is 16.6 Å². The van der Waals surface area contributed by atoms with Gasteiger partial charge in [0.15, 0.2) is 0 Å². The van der Waals surface area contributed by atoms with Gasteiger partial charge >= 0.3 is 0 Å². The number of aryl methyl sites for hydroxylation is 1. The molecule has 0 spiro atoms. The van der Waals surface area contributed by atoms with Crippen LogP contribution >= 0.6 is 15.9 Å². The molecule has 0 bridgehead atoms. The summed E-state index contributed by atoms with van der Waals surface area (Å²) in [6.07, 6.45) is 2.92. The van der Waals surface area contributed by atoms with Crippen molar-refractivity contribution in [1.29, 1.82) is 0 Å². The van der Waals surface area contributed by atoms with E-state index in [2.05, 4.69) is 89.7 Å². The predicted octanol–water partition coefficient (Wildman–Crippen LogP) is 5.97. The van der Waals surface area contributed by atoms with Crippen molar-refractivity contribution >= 4 is 21.9 Å². The Hall–Kier alpha value is -3.05. The van der Waals surface area contributed by atoms with Crippen LogP contribution in [0.1, 0.15) is 33.9 Å². The Labute approximate surface area is 191 Å². The fraction of sp³-hybridized carbons (Fsp3) is 0.192. The lowest BCUT2D eigenvalue weighted by Crippen LogP contribution is -2.06. The molecule has 31 heavy (non-hydrogen) atoms. The van der Waals surface area contributed by atoms with E-state index in [1.54, 1.807) is 7.11 Å². The first-order chi connectivity index (χ1) is 15.0. The first kappa shape index (κ1) is 21.2. The summed E-state index contributed by atoms with van der Waals surface area (Å²) in [7, 11) is 1.68. The van der Waals surface area contributed by atoms with Gasteiger partial charge in [-0.25, -0.2) is 4.98 Å². The third kappa shape index (κ3) is 5.17. The first-order valence-corrected chi connectivity index (χ1v) is 11.1. The number of hydrogen-bond donors (Lipinski definition) is 1. The second kappa shape index (κ2) is 9.40. The van der Waals surface area contributed by atoms with Gasteiger partial charge in [0.1, 0.15) is 5.75 Å². The fourth-order valence-electron chi connectivity index (χ4n) is 3.72. The van der Waals surface area contributed by atoms with Gasteiger partial charge in [-0.1, -0.05) is 70.0 Å². The summed E-state index contributed by atoms with van der Waals surface area (Å²) < 4.78 is 8.44. The maximum absolute atomic E-state index is 6.32. The third-order valence-electron chi connectivity index (χ3n) is 5.53. The predicted molar refractivity (Wildman–Crippen MR) is 130 cm³/mol. The third-order valence-corrected chi connectivity index (χ3v) is 6.06. The quantitative estimate of drug-likeness (QED) is 0.358. The van der Waals surface area contributed by atoms with Crippen LogP contribution in [0.25, 0.3) is 0 Å². The fourth-order valence-corrected chi connectivity index (χ4v) is 3.99. The lowest BCUT2D eigenvalue weighted by molar-refractivity contribution is 0.414. The van der Waals surface area contributed by atoms with Crippen LogP contribution in [0.5, 0.6) is 5.75 Å². The lowest BCUT2D eigenvalue weighted by atomic mass is 9.89. The minimum Gasteiger partial charge on any atom is -0.497 e. The van der Waals surface area contributed by atoms with E-state index < -0.39 is 0 Å². The van der Waals surface area contributed by atoms with Crippen LogP contribution in [0.3, 0.4) is 0 Å². The highest BCUT2D eigenvalue weighted by atomic mass is 79.9. The van der Waals surface area contributed by atoms with E-state index in [1.807, 2.05) is 16.7 Å². The topological polar surface area (TPSA) is 53.1 Å². The van der Waals surface area contributed by atoms with Gasteiger partial charge in [0.2, 0.25) is 5.95 Å². The molecule has 0 fully saturated rings. The minimum absolute atomic E-state index is 0.0913. The molecule has 1 aromatic heterocycles. The molecule has 4 rings (SSSR count). The number of nitrogen functional groups attached to an aromatic ring is 1. The average Bonchev–Trinajstić information content (AvgIpc) is 3.15. The maximum atomic E-state index is 6.32. The molecule has 4 aromatic rings. The van der Waals surface area contributed by atoms with Gasteiger partial charge < -0.3 is 15.0 Å². The van der Waals surface area contributed by atoms with Crippen molar-refractivity contribution in [1.82, 2.24) is 9.55 Å². The van der Waals surface area contributed by atoms with Crippen molar-refractivity contribution in [3.8, 4) is 5.75 Å². The number of methoxy groups -OCH3 is 1. The second-order valence-corrected chi connectivity index (χ2v) is 8.71. The number of benzene rings is 3. The Kier molecular flexibility index (Phi) is 6.42. The summed E-state index contributed by atoms with van der Waals surface area (Å²) in [5, 5.41) is 0. The molecule has 3 aromatic carbocycles. The standard InChI is InChI=1S/C26H26BrN3O/c1-18-3-5-20(6-4-18)16-30-17-25(29-26(30)28)24(15-19-7-11-22(27)12-8-19)21-9-13-23(31-2)14-10-21/h3-14,17,24H,15-16H2,1-2H3,(H2,28,29). The van der Waals surface area contributed by atoms with Gasteiger partial charge in [-0.2, -0.15) is 0 Å². The van der Waals surface area contributed by atoms with E-state index in [-0.39, 0.29) is 5.92 Å². The summed E-state index contributed by atoms with van der Waals surface area (Å²) >= 11 is 3.52. The molecule has 5 heteroatoms. The lowest BCUT2D eigenvalue weighted by Gasteiger charge is -2.16. The Balaban J connectivity index is 1.66. The van der Waals surface area contributed by atoms with Crippen LogP contribution in [0.4, 0.5) is 5.95 Å². The summed E-state index contributed by atoms with van der Waals surface area (Å²) in [5.41, 5.74) is 12.2. The molecule has 158 valence electrons. The highest BCUT2D eigenvalue weighted by molar-refractivity contribution is 9.10. The van der Waals surface area contributed by atoms with Gasteiger partial charge in [0.25, 0.3) is 0 Å². The SMILES string of the molecule is COc1ccc(C(Cc2ccc(Br)cc2)c2cn(Cc3ccc(C)cc3)c(N)n2)cc1. The van der Waals surface area contributed by atoms with Crippen LogP contribution in [0.15, 0.2) is 83.5 Å². The molecule has 4 nitrogen and oxygen atoms in total. The van der Waals surface area contributed by atoms with Crippen LogP contribution in [-0.2, 0) is 13.0 Å². The molecule has 0 aliphatic carbocycles. The molecule has 1 unspecified atom stereocenters. The zero-order chi connectivity index (χ0) is 21.8. The van der Waals surface area contributed by atoms with Crippen LogP contribution < -0.4 is 10.5 Å². The summed E-state index contributed by atoms with van der Waals surface area (Å²) in [4.78, 5) is 4.76. The van der Waals surface area contributed by atoms with Crippen molar-refractivity contribution in [2.75, 3.05) is 12.8 Å². The normalized spacial score (nSPS) is 12.0. The van der Waals surface area contributed by atoms with E-state index in [1.165, 1.54) is 22.3 Å². The molecule has 2 N–H and O–H groups in total. The minimum atomic E-state index is 0.0913. The molecule has 0 saturated heterocycles. The van der Waals surface area contributed by atoms with Crippen LogP contribution in [0.2, 0.25) is 0 Å². The molecule has 0 amide bonds. The number of halogens is 1. The molecule has 0 radical (unpaired) electrons. The second-order valence-electron chi connectivity index (χ2n) is 7.79. The van der Waals surface area contributed by atoms with Crippen molar-refractivity contribution in [2.45, 2.75) is 25.8 Å². The first-order valence-electron chi connectivity index (χ1n) is 10.3. The number of nitrogens with two attached hydrogens (primary N) is 1. The number of anilines is 1.